The van der Waals surface area contributed by atoms with Crippen molar-refractivity contribution in [1.29, 1.82) is 5.41 Å². The average molecular weight is 860 g/mol. The fraction of sp³-hybridized carbons (Fsp3) is 0.463. The molecule has 0 radical (unpaired) electrons. The molecule has 1 aliphatic rings. The summed E-state index contributed by atoms with van der Waals surface area (Å²) >= 11 is 0. The number of carbonyl (C=O) groups is 3. The summed E-state index contributed by atoms with van der Waals surface area (Å²) in [5.41, 5.74) is 7.65. The first-order valence-corrected chi connectivity index (χ1v) is 20.6. The quantitative estimate of drug-likeness (QED) is 0.0400. The predicted octanol–water partition coefficient (Wildman–Crippen LogP) is 0.632. The van der Waals surface area contributed by atoms with E-state index in [1.807, 2.05) is 4.90 Å². The molecule has 3 heterocycles. The SMILES string of the molecule is CCN1CCN(CC)CCN(CC(O)O)CCN(CC(=O)Nc2ccc(NC(=O)CCC(OC(=N)c3ccc(NCc4cnc5nc(N)[nH]c(=O)c5n4)cc3)C(=O)O)cc2)CC1. The minimum absolute atomic E-state index is 0.0539. The van der Waals surface area contributed by atoms with Crippen LogP contribution in [-0.4, -0.2) is 169 Å². The van der Waals surface area contributed by atoms with Gasteiger partial charge in [-0.3, -0.25) is 34.6 Å². The molecule has 2 amide bonds. The van der Waals surface area contributed by atoms with Crippen LogP contribution in [0.1, 0.15) is 37.9 Å². The summed E-state index contributed by atoms with van der Waals surface area (Å²) in [6.07, 6.45) is -1.83. The number of β-amino-alcohol motifs (C(OH)–C–C–N with tert-alkyl or cyclic N) is 2. The van der Waals surface area contributed by atoms with Gasteiger partial charge in [0, 0.05) is 94.4 Å². The number of aromatic amines is 1. The van der Waals surface area contributed by atoms with Crippen molar-refractivity contribution in [2.45, 2.75) is 45.6 Å². The van der Waals surface area contributed by atoms with Gasteiger partial charge < -0.3 is 51.5 Å². The molecule has 0 aliphatic carbocycles. The monoisotopic (exact) mass is 859 g/mol. The maximum Gasteiger partial charge on any atom is 0.344 e. The number of carboxylic acids is 1. The Morgan fingerprint density at radius 3 is 1.94 bits per heavy atom. The number of H-pyrrole nitrogens is 1. The first kappa shape index (κ1) is 47.0. The number of aromatic nitrogens is 4. The first-order chi connectivity index (χ1) is 29.8. The van der Waals surface area contributed by atoms with E-state index < -0.39 is 29.8 Å². The lowest BCUT2D eigenvalue weighted by atomic mass is 10.1. The fourth-order valence-corrected chi connectivity index (χ4v) is 6.74. The van der Waals surface area contributed by atoms with Gasteiger partial charge in [0.25, 0.3) is 5.56 Å². The molecule has 1 saturated heterocycles. The lowest BCUT2D eigenvalue weighted by Crippen LogP contribution is -2.48. The number of nitrogens with one attached hydrogen (secondary N) is 5. The number of carboxylic acid groups (broad SMARTS) is 1. The molecule has 0 bridgehead atoms. The number of nitrogens with zero attached hydrogens (tertiary/aromatic N) is 7. The molecule has 1 aliphatic heterocycles. The Kier molecular flexibility index (Phi) is 17.6. The third kappa shape index (κ3) is 14.8. The molecular formula is C41H57N13O8. The van der Waals surface area contributed by atoms with Crippen LogP contribution in [0.25, 0.3) is 11.2 Å². The van der Waals surface area contributed by atoms with Crippen LogP contribution in [0.15, 0.2) is 59.5 Å². The lowest BCUT2D eigenvalue weighted by molar-refractivity contribution is -0.146. The van der Waals surface area contributed by atoms with Crippen molar-refractivity contribution in [1.82, 2.24) is 39.5 Å². The minimum Gasteiger partial charge on any atom is -0.479 e. The number of amides is 2. The molecule has 0 spiro atoms. The number of ether oxygens (including phenoxy) is 1. The molecule has 334 valence electrons. The Morgan fingerprint density at radius 2 is 1.37 bits per heavy atom. The highest BCUT2D eigenvalue weighted by molar-refractivity contribution is 5.95. The molecule has 5 rings (SSSR count). The van der Waals surface area contributed by atoms with Crippen molar-refractivity contribution >= 4 is 57.9 Å². The number of fused-ring (bicyclic) bond motifs is 1. The summed E-state index contributed by atoms with van der Waals surface area (Å²) in [5, 5.41) is 46.3. The fourth-order valence-electron chi connectivity index (χ4n) is 6.74. The Morgan fingerprint density at radius 1 is 0.823 bits per heavy atom. The van der Waals surface area contributed by atoms with E-state index >= 15 is 0 Å². The first-order valence-electron chi connectivity index (χ1n) is 20.6. The van der Waals surface area contributed by atoms with Gasteiger partial charge in [-0.15, -0.1) is 0 Å². The van der Waals surface area contributed by atoms with E-state index in [2.05, 4.69) is 64.4 Å². The highest BCUT2D eigenvalue weighted by Crippen LogP contribution is 2.17. The summed E-state index contributed by atoms with van der Waals surface area (Å²) in [7, 11) is 0. The van der Waals surface area contributed by atoms with E-state index in [1.54, 1.807) is 48.5 Å². The molecule has 1 fully saturated rings. The molecule has 21 heteroatoms. The second-order valence-corrected chi connectivity index (χ2v) is 14.8. The van der Waals surface area contributed by atoms with E-state index in [4.69, 9.17) is 15.9 Å². The number of hydrogen-bond acceptors (Lipinski definition) is 17. The maximum absolute atomic E-state index is 13.2. The highest BCUT2D eigenvalue weighted by atomic mass is 16.5. The number of aliphatic hydroxyl groups is 2. The number of rotatable bonds is 17. The molecular weight excluding hydrogens is 803 g/mol. The number of likely N-dealkylation sites (N-methyl/N-ethyl adjacent to an activating group) is 2. The molecule has 1 atom stereocenters. The van der Waals surface area contributed by atoms with Crippen molar-refractivity contribution < 1.29 is 34.4 Å². The number of nitrogens with two attached hydrogens (primary N) is 1. The zero-order valence-corrected chi connectivity index (χ0v) is 35.0. The average Bonchev–Trinajstić information content (AvgIpc) is 3.24. The van der Waals surface area contributed by atoms with E-state index in [0.29, 0.717) is 54.5 Å². The van der Waals surface area contributed by atoms with Crippen LogP contribution in [0.4, 0.5) is 23.0 Å². The zero-order chi connectivity index (χ0) is 44.6. The van der Waals surface area contributed by atoms with Gasteiger partial charge in [-0.2, -0.15) is 4.98 Å². The van der Waals surface area contributed by atoms with Gasteiger partial charge in [-0.25, -0.2) is 14.8 Å². The number of aliphatic carboxylic acids is 1. The molecule has 62 heavy (non-hydrogen) atoms. The van der Waals surface area contributed by atoms with Gasteiger partial charge in [0.15, 0.2) is 23.6 Å². The summed E-state index contributed by atoms with van der Waals surface area (Å²) in [5.74, 6) is -2.43. The zero-order valence-electron chi connectivity index (χ0n) is 35.0. The Hall–Kier alpha value is -6.10. The van der Waals surface area contributed by atoms with E-state index in [-0.39, 0.29) is 61.4 Å². The maximum atomic E-state index is 13.2. The van der Waals surface area contributed by atoms with Crippen LogP contribution in [0, 0.1) is 5.41 Å². The van der Waals surface area contributed by atoms with Gasteiger partial charge in [0.1, 0.15) is 0 Å². The van der Waals surface area contributed by atoms with Crippen LogP contribution in [0.5, 0.6) is 0 Å². The van der Waals surface area contributed by atoms with Crippen molar-refractivity contribution in [3.05, 3.63) is 76.3 Å². The third-order valence-corrected chi connectivity index (χ3v) is 10.3. The molecule has 2 aromatic heterocycles. The predicted molar refractivity (Wildman–Crippen MR) is 234 cm³/mol. The molecule has 21 nitrogen and oxygen atoms in total. The summed E-state index contributed by atoms with van der Waals surface area (Å²) in [6, 6.07) is 13.1. The molecule has 1 unspecified atom stereocenters. The number of carbonyl (C=O) groups excluding carboxylic acids is 2. The Labute approximate surface area is 358 Å². The van der Waals surface area contributed by atoms with Gasteiger partial charge in [-0.1, -0.05) is 13.8 Å². The van der Waals surface area contributed by atoms with Gasteiger partial charge in [0.05, 0.1) is 25.0 Å². The minimum atomic E-state index is -1.46. The topological polar surface area (TPSA) is 292 Å². The smallest absolute Gasteiger partial charge is 0.344 e. The van der Waals surface area contributed by atoms with E-state index in [9.17, 15) is 34.5 Å². The van der Waals surface area contributed by atoms with Crippen molar-refractivity contribution in [2.75, 3.05) is 100 Å². The Balaban J connectivity index is 1.06. The summed E-state index contributed by atoms with van der Waals surface area (Å²) in [4.78, 5) is 73.7. The van der Waals surface area contributed by atoms with Crippen LogP contribution in [0.3, 0.4) is 0 Å². The van der Waals surface area contributed by atoms with E-state index in [1.165, 1.54) is 6.20 Å². The third-order valence-electron chi connectivity index (χ3n) is 10.3. The van der Waals surface area contributed by atoms with Crippen LogP contribution >= 0.6 is 0 Å². The van der Waals surface area contributed by atoms with E-state index in [0.717, 1.165) is 39.3 Å². The molecule has 4 aromatic rings. The van der Waals surface area contributed by atoms with Crippen LogP contribution in [-0.2, 0) is 25.7 Å². The number of hydrogen-bond donors (Lipinski definition) is 9. The van der Waals surface area contributed by atoms with Gasteiger partial charge >= 0.3 is 5.97 Å². The van der Waals surface area contributed by atoms with Crippen LogP contribution in [0.2, 0.25) is 0 Å². The number of nitrogen functional groups attached to an aromatic ring is 1. The Bertz CT molecular complexity index is 2170. The number of anilines is 4. The second-order valence-electron chi connectivity index (χ2n) is 14.8. The van der Waals surface area contributed by atoms with Crippen LogP contribution < -0.4 is 27.2 Å². The highest BCUT2D eigenvalue weighted by Gasteiger charge is 2.23. The number of benzene rings is 2. The van der Waals surface area contributed by atoms with Gasteiger partial charge in [0.2, 0.25) is 23.7 Å². The van der Waals surface area contributed by atoms with Crippen molar-refractivity contribution in [2.24, 2.45) is 0 Å². The number of aliphatic hydroxyl groups excluding tert-OH is 1. The standard InChI is InChI=1S/C41H57N13O8/c1-3-51-15-16-52(4-2)18-20-54(26-35(57)58)22-21-53(19-17-51)25-34(56)47-30-11-9-29(10-12-30)46-33(55)14-13-32(40(60)61)62-37(42)27-5-7-28(8-6-27)44-23-31-24-45-38-36(48-31)39(59)50-41(43)49-38/h5-12,24,32,35,42,44,57-58H,3-4,13-23,25-26H2,1-2H3,(H,46,55)(H,47,56)(H,60,61)(H3,43,45,49,50,59). The molecule has 10 N–H and O–H groups in total. The summed E-state index contributed by atoms with van der Waals surface area (Å²) < 4.78 is 5.46. The van der Waals surface area contributed by atoms with Crippen molar-refractivity contribution in [3.63, 3.8) is 0 Å². The summed E-state index contributed by atoms with van der Waals surface area (Å²) in [6.45, 7) is 12.5. The largest absolute Gasteiger partial charge is 0.479 e. The second kappa shape index (κ2) is 23.2. The van der Waals surface area contributed by atoms with Gasteiger partial charge in [-0.05, 0) is 61.6 Å². The van der Waals surface area contributed by atoms with Crippen molar-refractivity contribution in [3.8, 4) is 0 Å². The molecule has 0 saturated carbocycles. The normalized spacial score (nSPS) is 15.6. The molecule has 2 aromatic carbocycles. The lowest BCUT2D eigenvalue weighted by Gasteiger charge is -2.33.